The van der Waals surface area contributed by atoms with Gasteiger partial charge >= 0.3 is 5.97 Å². The molecule has 0 aromatic heterocycles. The maximum Gasteiger partial charge on any atom is 0.305 e. The highest BCUT2D eigenvalue weighted by molar-refractivity contribution is 5.69. The molecule has 0 rings (SSSR count). The van der Waals surface area contributed by atoms with Crippen molar-refractivity contribution in [3.63, 3.8) is 0 Å². The van der Waals surface area contributed by atoms with E-state index < -0.39 is 0 Å². The van der Waals surface area contributed by atoms with Crippen molar-refractivity contribution in [3.05, 3.63) is 0 Å². The Labute approximate surface area is 107 Å². The molecule has 2 nitrogen and oxygen atoms in total. The molecule has 2 heteroatoms. The number of ether oxygens (including phenoxy) is 1. The molecule has 0 amide bonds. The standard InChI is InChI=1S/C15H30O2/c1-4-7-8-11-14(9-5-2)12-13-17-15(16)10-6-3/h14H,4-13H2,1-3H3. The van der Waals surface area contributed by atoms with Crippen LogP contribution in [0.2, 0.25) is 0 Å². The van der Waals surface area contributed by atoms with Gasteiger partial charge in [-0.25, -0.2) is 0 Å². The summed E-state index contributed by atoms with van der Waals surface area (Å²) >= 11 is 0. The van der Waals surface area contributed by atoms with E-state index in [0.29, 0.717) is 13.0 Å². The topological polar surface area (TPSA) is 26.3 Å². The Morgan fingerprint density at radius 3 is 2.29 bits per heavy atom. The summed E-state index contributed by atoms with van der Waals surface area (Å²) in [5, 5.41) is 0. The van der Waals surface area contributed by atoms with Gasteiger partial charge in [0.2, 0.25) is 0 Å². The summed E-state index contributed by atoms with van der Waals surface area (Å²) in [7, 11) is 0. The molecule has 0 aliphatic carbocycles. The first-order chi connectivity index (χ1) is 8.24. The van der Waals surface area contributed by atoms with E-state index in [-0.39, 0.29) is 5.97 Å². The lowest BCUT2D eigenvalue weighted by Crippen LogP contribution is -2.10. The summed E-state index contributed by atoms with van der Waals surface area (Å²) in [6.07, 6.45) is 10.2. The second-order valence-electron chi connectivity index (χ2n) is 4.91. The molecule has 0 fully saturated rings. The van der Waals surface area contributed by atoms with Gasteiger partial charge in [0.25, 0.3) is 0 Å². The number of carbonyl (C=O) groups excluding carboxylic acids is 1. The van der Waals surface area contributed by atoms with Crippen LogP contribution in [0.3, 0.4) is 0 Å². The molecule has 0 heterocycles. The number of hydrogen-bond acceptors (Lipinski definition) is 2. The van der Waals surface area contributed by atoms with Crippen molar-refractivity contribution in [2.45, 2.75) is 78.6 Å². The van der Waals surface area contributed by atoms with Gasteiger partial charge in [-0.2, -0.15) is 0 Å². The van der Waals surface area contributed by atoms with E-state index in [1.54, 1.807) is 0 Å². The first-order valence-electron chi connectivity index (χ1n) is 7.40. The molecule has 0 aromatic rings. The van der Waals surface area contributed by atoms with Gasteiger partial charge in [0.15, 0.2) is 0 Å². The number of esters is 1. The highest BCUT2D eigenvalue weighted by Gasteiger charge is 2.09. The maximum atomic E-state index is 11.2. The van der Waals surface area contributed by atoms with Gasteiger partial charge in [-0.3, -0.25) is 4.79 Å². The minimum atomic E-state index is -0.0312. The quantitative estimate of drug-likeness (QED) is 0.387. The molecule has 0 saturated carbocycles. The third kappa shape index (κ3) is 10.3. The largest absolute Gasteiger partial charge is 0.466 e. The number of carbonyl (C=O) groups is 1. The van der Waals surface area contributed by atoms with Crippen LogP contribution in [-0.4, -0.2) is 12.6 Å². The molecule has 17 heavy (non-hydrogen) atoms. The van der Waals surface area contributed by atoms with Crippen LogP contribution in [0.15, 0.2) is 0 Å². The minimum absolute atomic E-state index is 0.0312. The van der Waals surface area contributed by atoms with Crippen molar-refractivity contribution in [2.24, 2.45) is 5.92 Å². The molecule has 102 valence electrons. The average Bonchev–Trinajstić information content (AvgIpc) is 2.29. The van der Waals surface area contributed by atoms with E-state index in [2.05, 4.69) is 13.8 Å². The Morgan fingerprint density at radius 2 is 1.71 bits per heavy atom. The van der Waals surface area contributed by atoms with E-state index in [0.717, 1.165) is 18.8 Å². The molecule has 0 aliphatic rings. The van der Waals surface area contributed by atoms with Gasteiger partial charge in [0.1, 0.15) is 0 Å². The zero-order valence-corrected chi connectivity index (χ0v) is 12.0. The summed E-state index contributed by atoms with van der Waals surface area (Å²) in [5.74, 6) is 0.720. The number of rotatable bonds is 11. The molecule has 0 aliphatic heterocycles. The van der Waals surface area contributed by atoms with Crippen LogP contribution >= 0.6 is 0 Å². The minimum Gasteiger partial charge on any atom is -0.466 e. The van der Waals surface area contributed by atoms with Crippen molar-refractivity contribution in [3.8, 4) is 0 Å². The number of unbranched alkanes of at least 4 members (excludes halogenated alkanes) is 2. The lowest BCUT2D eigenvalue weighted by molar-refractivity contribution is -0.144. The zero-order chi connectivity index (χ0) is 12.9. The molecule has 0 N–H and O–H groups in total. The molecule has 0 radical (unpaired) electrons. The smallest absolute Gasteiger partial charge is 0.305 e. The summed E-state index contributed by atoms with van der Waals surface area (Å²) in [6.45, 7) is 7.10. The molecule has 0 bridgehead atoms. The Hall–Kier alpha value is -0.530. The summed E-state index contributed by atoms with van der Waals surface area (Å²) in [6, 6.07) is 0. The van der Waals surface area contributed by atoms with Crippen LogP contribution in [0, 0.1) is 5.92 Å². The Bertz CT molecular complexity index is 178. The Morgan fingerprint density at radius 1 is 0.941 bits per heavy atom. The van der Waals surface area contributed by atoms with Crippen LogP contribution in [-0.2, 0) is 9.53 Å². The highest BCUT2D eigenvalue weighted by atomic mass is 16.5. The molecular formula is C15H30O2. The molecule has 1 atom stereocenters. The summed E-state index contributed by atoms with van der Waals surface area (Å²) in [5.41, 5.74) is 0. The third-order valence-electron chi connectivity index (χ3n) is 3.16. The lowest BCUT2D eigenvalue weighted by Gasteiger charge is -2.15. The van der Waals surface area contributed by atoms with Crippen molar-refractivity contribution < 1.29 is 9.53 Å². The normalized spacial score (nSPS) is 12.4. The molecule has 1 unspecified atom stereocenters. The SMILES string of the molecule is CCCCCC(CCC)CCOC(=O)CCC. The third-order valence-corrected chi connectivity index (χ3v) is 3.16. The first-order valence-corrected chi connectivity index (χ1v) is 7.40. The fourth-order valence-electron chi connectivity index (χ4n) is 2.14. The van der Waals surface area contributed by atoms with Gasteiger partial charge < -0.3 is 4.74 Å². The van der Waals surface area contributed by atoms with Gasteiger partial charge in [-0.15, -0.1) is 0 Å². The summed E-state index contributed by atoms with van der Waals surface area (Å²) in [4.78, 5) is 11.2. The van der Waals surface area contributed by atoms with Gasteiger partial charge in [0.05, 0.1) is 6.61 Å². The fraction of sp³-hybridized carbons (Fsp3) is 0.933. The van der Waals surface area contributed by atoms with E-state index in [1.165, 1.54) is 38.5 Å². The van der Waals surface area contributed by atoms with Gasteiger partial charge in [-0.1, -0.05) is 59.3 Å². The van der Waals surface area contributed by atoms with Crippen molar-refractivity contribution >= 4 is 5.97 Å². The lowest BCUT2D eigenvalue weighted by atomic mass is 9.94. The molecule has 0 saturated heterocycles. The second-order valence-corrected chi connectivity index (χ2v) is 4.91. The fourth-order valence-corrected chi connectivity index (χ4v) is 2.14. The van der Waals surface area contributed by atoms with Crippen LogP contribution in [0.1, 0.15) is 78.6 Å². The Balaban J connectivity index is 3.64. The predicted molar refractivity (Wildman–Crippen MR) is 73.0 cm³/mol. The van der Waals surface area contributed by atoms with Crippen LogP contribution < -0.4 is 0 Å². The monoisotopic (exact) mass is 242 g/mol. The Kier molecular flexibility index (Phi) is 11.6. The predicted octanol–water partition coefficient (Wildman–Crippen LogP) is 4.72. The molecule has 0 spiro atoms. The van der Waals surface area contributed by atoms with Crippen molar-refractivity contribution in [1.82, 2.24) is 0 Å². The molecule has 0 aromatic carbocycles. The van der Waals surface area contributed by atoms with Crippen LogP contribution in [0.4, 0.5) is 0 Å². The highest BCUT2D eigenvalue weighted by Crippen LogP contribution is 2.19. The second kappa shape index (κ2) is 11.9. The average molecular weight is 242 g/mol. The van der Waals surface area contributed by atoms with Crippen LogP contribution in [0.25, 0.3) is 0 Å². The first kappa shape index (κ1) is 16.5. The maximum absolute atomic E-state index is 11.2. The zero-order valence-electron chi connectivity index (χ0n) is 12.0. The van der Waals surface area contributed by atoms with Gasteiger partial charge in [0, 0.05) is 6.42 Å². The van der Waals surface area contributed by atoms with Gasteiger partial charge in [-0.05, 0) is 18.8 Å². The van der Waals surface area contributed by atoms with Crippen molar-refractivity contribution in [1.29, 1.82) is 0 Å². The van der Waals surface area contributed by atoms with Crippen molar-refractivity contribution in [2.75, 3.05) is 6.61 Å². The van der Waals surface area contributed by atoms with E-state index in [4.69, 9.17) is 4.74 Å². The molecular weight excluding hydrogens is 212 g/mol. The van der Waals surface area contributed by atoms with E-state index in [1.807, 2.05) is 6.92 Å². The summed E-state index contributed by atoms with van der Waals surface area (Å²) < 4.78 is 5.23. The van der Waals surface area contributed by atoms with Crippen LogP contribution in [0.5, 0.6) is 0 Å². The van der Waals surface area contributed by atoms with E-state index >= 15 is 0 Å². The number of hydrogen-bond donors (Lipinski definition) is 0. The van der Waals surface area contributed by atoms with E-state index in [9.17, 15) is 4.79 Å².